The fourth-order valence-electron chi connectivity index (χ4n) is 2.57. The Labute approximate surface area is 184 Å². The van der Waals surface area contributed by atoms with Crippen molar-refractivity contribution in [3.8, 4) is 11.5 Å². The van der Waals surface area contributed by atoms with Gasteiger partial charge >= 0.3 is 0 Å². The third-order valence-corrected chi connectivity index (χ3v) is 4.58. The van der Waals surface area contributed by atoms with Gasteiger partial charge in [-0.2, -0.15) is 0 Å². The van der Waals surface area contributed by atoms with E-state index in [4.69, 9.17) is 14.6 Å². The van der Waals surface area contributed by atoms with Crippen LogP contribution in [0.25, 0.3) is 0 Å². The highest BCUT2D eigenvalue weighted by atomic mass is 127. The predicted octanol–water partition coefficient (Wildman–Crippen LogP) is 6.24. The Balaban J connectivity index is 0.000000280. The van der Waals surface area contributed by atoms with Crippen molar-refractivity contribution in [3.05, 3.63) is 59.7 Å². The molecule has 0 aliphatic carbocycles. The number of aryl methyl sites for hydroxylation is 2. The van der Waals surface area contributed by atoms with Gasteiger partial charge in [-0.05, 0) is 93.2 Å². The van der Waals surface area contributed by atoms with Crippen molar-refractivity contribution in [3.63, 3.8) is 0 Å². The summed E-state index contributed by atoms with van der Waals surface area (Å²) < 4.78 is 12.3. The highest BCUT2D eigenvalue weighted by molar-refractivity contribution is 14.1. The standard InChI is InChI=1S/C12H17IO.C12H18O2/c2*1-10(2)14-12-7-5-11(6-8-12)4-3-9-13/h5-8,10H,3-4,9H2,1-2H3;5-8,10,13H,3-4,9H2,1-2H3. The summed E-state index contributed by atoms with van der Waals surface area (Å²) in [5.41, 5.74) is 2.65. The van der Waals surface area contributed by atoms with Crippen molar-refractivity contribution in [2.75, 3.05) is 11.0 Å². The number of halogens is 1. The van der Waals surface area contributed by atoms with Gasteiger partial charge in [-0.1, -0.05) is 46.9 Å². The van der Waals surface area contributed by atoms with Gasteiger partial charge in [0.15, 0.2) is 0 Å². The predicted molar refractivity (Wildman–Crippen MR) is 127 cm³/mol. The average Bonchev–Trinajstić information content (AvgIpc) is 2.66. The Hall–Kier alpha value is -1.27. The van der Waals surface area contributed by atoms with E-state index in [2.05, 4.69) is 46.9 Å². The van der Waals surface area contributed by atoms with Crippen molar-refractivity contribution < 1.29 is 14.6 Å². The molecule has 4 heteroatoms. The van der Waals surface area contributed by atoms with Crippen LogP contribution in [0.15, 0.2) is 48.5 Å². The van der Waals surface area contributed by atoms with Gasteiger partial charge in [-0.15, -0.1) is 0 Å². The molecule has 28 heavy (non-hydrogen) atoms. The molecule has 0 heterocycles. The molecular formula is C24H35IO3. The smallest absolute Gasteiger partial charge is 0.119 e. The monoisotopic (exact) mass is 498 g/mol. The van der Waals surface area contributed by atoms with Crippen molar-refractivity contribution in [1.82, 2.24) is 0 Å². The summed E-state index contributed by atoms with van der Waals surface area (Å²) in [4.78, 5) is 0. The number of alkyl halides is 1. The van der Waals surface area contributed by atoms with E-state index >= 15 is 0 Å². The molecule has 0 atom stereocenters. The van der Waals surface area contributed by atoms with Crippen LogP contribution in [0.2, 0.25) is 0 Å². The first-order valence-electron chi connectivity index (χ1n) is 10.1. The normalized spacial score (nSPS) is 10.6. The van der Waals surface area contributed by atoms with Crippen LogP contribution in [0.3, 0.4) is 0 Å². The molecule has 0 aromatic heterocycles. The second-order valence-electron chi connectivity index (χ2n) is 7.24. The second kappa shape index (κ2) is 14.7. The van der Waals surface area contributed by atoms with E-state index in [0.717, 1.165) is 24.3 Å². The van der Waals surface area contributed by atoms with Crippen molar-refractivity contribution >= 4 is 22.6 Å². The molecule has 2 aromatic carbocycles. The molecule has 1 N–H and O–H groups in total. The molecule has 0 fully saturated rings. The third-order valence-electron chi connectivity index (χ3n) is 3.81. The Bertz CT molecular complexity index is 564. The summed E-state index contributed by atoms with van der Waals surface area (Å²) in [6, 6.07) is 16.5. The topological polar surface area (TPSA) is 38.7 Å². The van der Waals surface area contributed by atoms with Crippen molar-refractivity contribution in [2.45, 2.75) is 65.6 Å². The Morgan fingerprint density at radius 3 is 1.43 bits per heavy atom. The maximum Gasteiger partial charge on any atom is 0.119 e. The SMILES string of the molecule is CC(C)Oc1ccc(CCCI)cc1.CC(C)Oc1ccc(CCCO)cc1. The minimum absolute atomic E-state index is 0.221. The highest BCUT2D eigenvalue weighted by Crippen LogP contribution is 2.15. The fraction of sp³-hybridized carbons (Fsp3) is 0.500. The van der Waals surface area contributed by atoms with Crippen LogP contribution in [0, 0.1) is 0 Å². The molecule has 0 bridgehead atoms. The molecule has 0 unspecified atom stereocenters. The number of benzene rings is 2. The molecule has 0 aliphatic rings. The molecule has 0 radical (unpaired) electrons. The first-order chi connectivity index (χ1) is 13.4. The van der Waals surface area contributed by atoms with Crippen LogP contribution in [-0.4, -0.2) is 28.3 Å². The van der Waals surface area contributed by atoms with Gasteiger partial charge in [0.25, 0.3) is 0 Å². The zero-order valence-electron chi connectivity index (χ0n) is 17.7. The minimum atomic E-state index is 0.221. The summed E-state index contributed by atoms with van der Waals surface area (Å²) in [5.74, 6) is 1.88. The number of hydrogen-bond donors (Lipinski definition) is 1. The zero-order valence-corrected chi connectivity index (χ0v) is 19.8. The van der Waals surface area contributed by atoms with E-state index in [1.807, 2.05) is 52.0 Å². The number of aliphatic hydroxyl groups is 1. The molecule has 0 spiro atoms. The summed E-state index contributed by atoms with van der Waals surface area (Å²) in [6.07, 6.45) is 4.66. The summed E-state index contributed by atoms with van der Waals surface area (Å²) in [6.45, 7) is 8.37. The lowest BCUT2D eigenvalue weighted by Crippen LogP contribution is -2.05. The fourth-order valence-corrected chi connectivity index (χ4v) is 2.95. The zero-order chi connectivity index (χ0) is 20.8. The summed E-state index contributed by atoms with van der Waals surface area (Å²) in [5, 5.41) is 8.68. The first kappa shape index (κ1) is 24.8. The number of aliphatic hydroxyl groups excluding tert-OH is 1. The van der Waals surface area contributed by atoms with E-state index in [-0.39, 0.29) is 18.8 Å². The Morgan fingerprint density at radius 2 is 1.11 bits per heavy atom. The lowest BCUT2D eigenvalue weighted by Gasteiger charge is -2.09. The van der Waals surface area contributed by atoms with E-state index < -0.39 is 0 Å². The second-order valence-corrected chi connectivity index (χ2v) is 8.32. The summed E-state index contributed by atoms with van der Waals surface area (Å²) in [7, 11) is 0. The highest BCUT2D eigenvalue weighted by Gasteiger charge is 1.98. The first-order valence-corrected chi connectivity index (χ1v) is 11.6. The average molecular weight is 498 g/mol. The maximum absolute atomic E-state index is 8.68. The number of ether oxygens (including phenoxy) is 2. The van der Waals surface area contributed by atoms with Crippen LogP contribution < -0.4 is 9.47 Å². The lowest BCUT2D eigenvalue weighted by atomic mass is 10.1. The van der Waals surface area contributed by atoms with Crippen LogP contribution in [0.5, 0.6) is 11.5 Å². The van der Waals surface area contributed by atoms with Crippen LogP contribution in [0.1, 0.15) is 51.7 Å². The lowest BCUT2D eigenvalue weighted by molar-refractivity contribution is 0.242. The van der Waals surface area contributed by atoms with Crippen LogP contribution >= 0.6 is 22.6 Å². The van der Waals surface area contributed by atoms with E-state index in [0.29, 0.717) is 0 Å². The van der Waals surface area contributed by atoms with Crippen LogP contribution in [0.4, 0.5) is 0 Å². The molecular weight excluding hydrogens is 463 g/mol. The number of hydrogen-bond acceptors (Lipinski definition) is 3. The summed E-state index contributed by atoms with van der Waals surface area (Å²) >= 11 is 2.41. The van der Waals surface area contributed by atoms with E-state index in [1.165, 1.54) is 28.4 Å². The molecule has 0 saturated heterocycles. The van der Waals surface area contributed by atoms with E-state index in [1.54, 1.807) is 0 Å². The van der Waals surface area contributed by atoms with Gasteiger partial charge in [0.05, 0.1) is 12.2 Å². The van der Waals surface area contributed by atoms with Gasteiger partial charge in [-0.25, -0.2) is 0 Å². The maximum atomic E-state index is 8.68. The van der Waals surface area contributed by atoms with Gasteiger partial charge in [0.1, 0.15) is 11.5 Å². The Morgan fingerprint density at radius 1 is 0.714 bits per heavy atom. The van der Waals surface area contributed by atoms with Crippen molar-refractivity contribution in [1.29, 1.82) is 0 Å². The Kier molecular flexibility index (Phi) is 13.0. The third kappa shape index (κ3) is 11.5. The molecule has 0 aliphatic heterocycles. The largest absolute Gasteiger partial charge is 0.491 e. The van der Waals surface area contributed by atoms with Gasteiger partial charge in [-0.3, -0.25) is 0 Å². The molecule has 2 rings (SSSR count). The molecule has 2 aromatic rings. The minimum Gasteiger partial charge on any atom is -0.491 e. The van der Waals surface area contributed by atoms with E-state index in [9.17, 15) is 0 Å². The van der Waals surface area contributed by atoms with Crippen LogP contribution in [-0.2, 0) is 12.8 Å². The van der Waals surface area contributed by atoms with Crippen molar-refractivity contribution in [2.24, 2.45) is 0 Å². The molecule has 156 valence electrons. The molecule has 0 saturated carbocycles. The molecule has 3 nitrogen and oxygen atoms in total. The quantitative estimate of drug-likeness (QED) is 0.311. The number of rotatable bonds is 10. The van der Waals surface area contributed by atoms with Gasteiger partial charge in [0, 0.05) is 6.61 Å². The van der Waals surface area contributed by atoms with Gasteiger partial charge < -0.3 is 14.6 Å². The molecule has 0 amide bonds. The van der Waals surface area contributed by atoms with Gasteiger partial charge in [0.2, 0.25) is 0 Å².